The summed E-state index contributed by atoms with van der Waals surface area (Å²) < 4.78 is 4.84. The Morgan fingerprint density at radius 2 is 1.07 bits per heavy atom. The van der Waals surface area contributed by atoms with Gasteiger partial charge < -0.3 is 0 Å². The van der Waals surface area contributed by atoms with Gasteiger partial charge in [0.2, 0.25) is 0 Å². The Morgan fingerprint density at radius 3 is 1.39 bits per heavy atom. The van der Waals surface area contributed by atoms with Gasteiger partial charge in [0.15, 0.2) is 0 Å². The third-order valence-electron chi connectivity index (χ3n) is 5.02. The van der Waals surface area contributed by atoms with E-state index in [9.17, 15) is 9.90 Å². The molecule has 0 fully saturated rings. The van der Waals surface area contributed by atoms with Crippen molar-refractivity contribution in [3.05, 3.63) is 115 Å². The van der Waals surface area contributed by atoms with E-state index in [4.69, 9.17) is 4.98 Å². The number of pyridine rings is 1. The molecule has 28 heavy (non-hydrogen) atoms. The summed E-state index contributed by atoms with van der Waals surface area (Å²) in [4.78, 5) is 16.1. The van der Waals surface area contributed by atoms with Crippen molar-refractivity contribution in [3.8, 4) is 0 Å². The minimum absolute atomic E-state index is 0.207. The van der Waals surface area contributed by atoms with Crippen LogP contribution < -0.4 is 14.4 Å². The first-order chi connectivity index (χ1) is 13.7. The number of aromatic nitrogens is 1. The molecule has 3 aromatic carbocycles. The molecule has 0 atom stereocenters. The van der Waals surface area contributed by atoms with Crippen LogP contribution in [0.25, 0.3) is 0 Å². The summed E-state index contributed by atoms with van der Waals surface area (Å²) in [5.74, 6) is -0.959. The van der Waals surface area contributed by atoms with E-state index in [-0.39, 0.29) is 5.56 Å². The zero-order valence-electron chi connectivity index (χ0n) is 15.2. The van der Waals surface area contributed by atoms with E-state index in [2.05, 4.69) is 72.8 Å². The molecule has 0 radical (unpaired) electrons. The Kier molecular flexibility index (Phi) is 5.26. The molecule has 0 aliphatic heterocycles. The van der Waals surface area contributed by atoms with E-state index in [1.165, 1.54) is 16.9 Å². The van der Waals surface area contributed by atoms with Gasteiger partial charge in [-0.25, -0.2) is 0 Å². The van der Waals surface area contributed by atoms with Crippen molar-refractivity contribution in [2.75, 3.05) is 0 Å². The molecule has 0 bridgehead atoms. The number of aromatic carboxylic acids is 1. The van der Waals surface area contributed by atoms with Crippen molar-refractivity contribution in [1.29, 1.82) is 0 Å². The Hall–Kier alpha value is -2.92. The Bertz CT molecular complexity index is 969. The topological polar surface area (TPSA) is 50.2 Å². The summed E-state index contributed by atoms with van der Waals surface area (Å²) >= 11 is -3.69. The van der Waals surface area contributed by atoms with Crippen molar-refractivity contribution in [1.82, 2.24) is 4.98 Å². The van der Waals surface area contributed by atoms with E-state index >= 15 is 0 Å². The molecule has 1 aromatic heterocycles. The first-order valence-corrected chi connectivity index (χ1v) is 14.8. The first kappa shape index (κ1) is 18.4. The van der Waals surface area contributed by atoms with Gasteiger partial charge in [0, 0.05) is 0 Å². The summed E-state index contributed by atoms with van der Waals surface area (Å²) in [6.45, 7) is 0. The van der Waals surface area contributed by atoms with Crippen LogP contribution in [0.3, 0.4) is 0 Å². The molecule has 0 amide bonds. The fraction of sp³-hybridized carbons (Fsp3) is 0. The first-order valence-electron chi connectivity index (χ1n) is 9.09. The second-order valence-corrected chi connectivity index (χ2v) is 17.3. The van der Waals surface area contributed by atoms with E-state index in [1.807, 2.05) is 24.3 Å². The van der Waals surface area contributed by atoms with Crippen LogP contribution in [0.4, 0.5) is 0 Å². The fourth-order valence-electron chi connectivity index (χ4n) is 3.75. The number of carboxylic acid groups (broad SMARTS) is 1. The number of carboxylic acids is 1. The van der Waals surface area contributed by atoms with Gasteiger partial charge in [-0.05, 0) is 0 Å². The average molecular weight is 472 g/mol. The predicted octanol–water partition coefficient (Wildman–Crippen LogP) is 2.16. The van der Waals surface area contributed by atoms with Crippen molar-refractivity contribution in [2.24, 2.45) is 0 Å². The van der Waals surface area contributed by atoms with E-state index in [0.29, 0.717) is 0 Å². The molecule has 4 rings (SSSR count). The molecule has 4 heteroatoms. The van der Waals surface area contributed by atoms with Gasteiger partial charge in [0.25, 0.3) is 0 Å². The van der Waals surface area contributed by atoms with Gasteiger partial charge >= 0.3 is 169 Å². The quantitative estimate of drug-likeness (QED) is 0.454. The number of carbonyl (C=O) groups is 1. The number of benzene rings is 3. The Balaban J connectivity index is 2.08. The predicted molar refractivity (Wildman–Crippen MR) is 115 cm³/mol. The number of hydrogen-bond donors (Lipinski definition) is 1. The van der Waals surface area contributed by atoms with Crippen LogP contribution in [0, 0.1) is 0 Å². The van der Waals surface area contributed by atoms with Gasteiger partial charge in [-0.1, -0.05) is 0 Å². The standard InChI is InChI=1S/C6H4NO2.3C6H5.Sn/c8-6(9)5-2-1-3-7-4-5;3*1-2-4-6-5-3-1;/h1-2,4H,(H,8,9);3*1-5H;. The third kappa shape index (κ3) is 3.22. The number of nitrogens with zero attached hydrogens (tertiary/aromatic N) is 1. The van der Waals surface area contributed by atoms with Crippen LogP contribution in [0.1, 0.15) is 10.4 Å². The molecule has 0 saturated carbocycles. The van der Waals surface area contributed by atoms with Gasteiger partial charge in [-0.3, -0.25) is 0 Å². The van der Waals surface area contributed by atoms with Gasteiger partial charge in [0.05, 0.1) is 0 Å². The summed E-state index contributed by atoms with van der Waals surface area (Å²) in [7, 11) is 0. The van der Waals surface area contributed by atoms with Crippen molar-refractivity contribution in [2.45, 2.75) is 0 Å². The molecule has 1 heterocycles. The number of hydrogen-bond acceptors (Lipinski definition) is 2. The summed E-state index contributed by atoms with van der Waals surface area (Å²) in [5.41, 5.74) is 0.207. The zero-order valence-corrected chi connectivity index (χ0v) is 18.0. The second kappa shape index (κ2) is 7.98. The van der Waals surface area contributed by atoms with Crippen LogP contribution >= 0.6 is 0 Å². The molecule has 0 spiro atoms. The second-order valence-electron chi connectivity index (χ2n) is 6.59. The maximum absolute atomic E-state index is 11.3. The normalized spacial score (nSPS) is 11.1. The monoisotopic (exact) mass is 473 g/mol. The van der Waals surface area contributed by atoms with Crippen molar-refractivity contribution in [3.63, 3.8) is 0 Å². The average Bonchev–Trinajstić information content (AvgIpc) is 2.77. The summed E-state index contributed by atoms with van der Waals surface area (Å²) in [5, 5.41) is 9.31. The van der Waals surface area contributed by atoms with Crippen LogP contribution in [0.15, 0.2) is 109 Å². The molecule has 0 aliphatic carbocycles. The van der Waals surface area contributed by atoms with Gasteiger partial charge in [-0.2, -0.15) is 0 Å². The molecule has 1 N–H and O–H groups in total. The minimum atomic E-state index is -3.69. The van der Waals surface area contributed by atoms with Crippen LogP contribution in [0.2, 0.25) is 0 Å². The van der Waals surface area contributed by atoms with E-state index in [0.717, 1.165) is 3.71 Å². The molecule has 3 nitrogen and oxygen atoms in total. The SMILES string of the molecule is O=C(O)c1cc[c]([Sn]([c]2ccccc2)([c]2ccccc2)[c]2ccccc2)nc1. The molecular weight excluding hydrogens is 453 g/mol. The fourth-order valence-corrected chi connectivity index (χ4v) is 16.8. The van der Waals surface area contributed by atoms with Crippen LogP contribution in [-0.2, 0) is 0 Å². The zero-order chi connectivity index (χ0) is 19.4. The van der Waals surface area contributed by atoms with Crippen molar-refractivity contribution >= 4 is 38.8 Å². The van der Waals surface area contributed by atoms with Crippen molar-refractivity contribution < 1.29 is 9.90 Å². The van der Waals surface area contributed by atoms with Gasteiger partial charge in [0.1, 0.15) is 0 Å². The number of rotatable bonds is 5. The Labute approximate surface area is 168 Å². The molecule has 136 valence electrons. The molecule has 0 saturated heterocycles. The van der Waals surface area contributed by atoms with E-state index < -0.39 is 24.3 Å². The molecule has 4 aromatic rings. The maximum atomic E-state index is 11.3. The molecular formula is C24H19NO2Sn. The van der Waals surface area contributed by atoms with E-state index in [1.54, 1.807) is 6.07 Å². The Morgan fingerprint density at radius 1 is 0.643 bits per heavy atom. The summed E-state index contributed by atoms with van der Waals surface area (Å²) in [6.07, 6.45) is 1.48. The van der Waals surface area contributed by atoms with Gasteiger partial charge in [-0.15, -0.1) is 0 Å². The summed E-state index contributed by atoms with van der Waals surface area (Å²) in [6, 6.07) is 35.2. The molecule has 0 unspecified atom stereocenters. The van der Waals surface area contributed by atoms with Crippen LogP contribution in [-0.4, -0.2) is 34.4 Å². The third-order valence-corrected chi connectivity index (χ3v) is 18.3. The molecule has 0 aliphatic rings. The van der Waals surface area contributed by atoms with Crippen LogP contribution in [0.5, 0.6) is 0 Å².